The monoisotopic (exact) mass is 212 g/mol. The van der Waals surface area contributed by atoms with Crippen LogP contribution in [0.25, 0.3) is 0 Å². The van der Waals surface area contributed by atoms with Crippen LogP contribution in [-0.2, 0) is 0 Å². The van der Waals surface area contributed by atoms with Crippen LogP contribution >= 0.6 is 0 Å². The maximum Gasteiger partial charge on any atom is 0.342 e. The molecule has 0 saturated carbocycles. The molecule has 6 nitrogen and oxygen atoms in total. The van der Waals surface area contributed by atoms with Crippen LogP contribution in [0.2, 0.25) is 0 Å². The van der Waals surface area contributed by atoms with Gasteiger partial charge in [0.05, 0.1) is 0 Å². The summed E-state index contributed by atoms with van der Waals surface area (Å²) in [6.07, 6.45) is 0.987. The Morgan fingerprint density at radius 1 is 1.40 bits per heavy atom. The summed E-state index contributed by atoms with van der Waals surface area (Å²) in [5.41, 5.74) is -1.00. The van der Waals surface area contributed by atoms with Crippen molar-refractivity contribution in [1.29, 1.82) is 0 Å². The van der Waals surface area contributed by atoms with Gasteiger partial charge < -0.3 is 5.32 Å². The lowest BCUT2D eigenvalue weighted by Gasteiger charge is -2.22. The van der Waals surface area contributed by atoms with E-state index in [1.165, 1.54) is 0 Å². The van der Waals surface area contributed by atoms with E-state index in [1.54, 1.807) is 0 Å². The summed E-state index contributed by atoms with van der Waals surface area (Å²) in [4.78, 5) is 24.0. The second-order valence-electron chi connectivity index (χ2n) is 4.23. The molecule has 3 N–H and O–H groups in total. The van der Waals surface area contributed by atoms with E-state index in [2.05, 4.69) is 41.3 Å². The first-order chi connectivity index (χ1) is 6.94. The Hall–Kier alpha value is -1.59. The molecule has 0 aliphatic rings. The van der Waals surface area contributed by atoms with E-state index in [0.717, 1.165) is 6.42 Å². The number of nitrogens with one attached hydrogen (secondary N) is 3. The molecule has 0 aliphatic carbocycles. The first-order valence-electron chi connectivity index (χ1n) is 4.87. The Bertz CT molecular complexity index is 432. The zero-order chi connectivity index (χ0) is 11.5. The molecule has 6 heteroatoms. The van der Waals surface area contributed by atoms with Gasteiger partial charge in [-0.25, -0.2) is 9.89 Å². The molecule has 0 radical (unpaired) electrons. The van der Waals surface area contributed by atoms with E-state index < -0.39 is 11.2 Å². The summed E-state index contributed by atoms with van der Waals surface area (Å²) < 4.78 is 0. The van der Waals surface area contributed by atoms with Gasteiger partial charge in [-0.15, -0.1) is 5.10 Å². The summed E-state index contributed by atoms with van der Waals surface area (Å²) in [6, 6.07) is 0. The van der Waals surface area contributed by atoms with Gasteiger partial charge in [-0.05, 0) is 11.8 Å². The Balaban J connectivity index is 2.75. The van der Waals surface area contributed by atoms with E-state index in [0.29, 0.717) is 6.54 Å². The molecule has 84 valence electrons. The topological polar surface area (TPSA) is 90.6 Å². The van der Waals surface area contributed by atoms with Gasteiger partial charge in [-0.2, -0.15) is 0 Å². The molecule has 0 saturated heterocycles. The summed E-state index contributed by atoms with van der Waals surface area (Å²) in [5, 5.41) is 8.70. The van der Waals surface area contributed by atoms with Crippen LogP contribution in [0.1, 0.15) is 27.2 Å². The Kier molecular flexibility index (Phi) is 3.28. The number of aromatic nitrogens is 3. The quantitative estimate of drug-likeness (QED) is 0.669. The smallest absolute Gasteiger partial charge is 0.342 e. The van der Waals surface area contributed by atoms with Crippen LogP contribution in [-0.4, -0.2) is 21.7 Å². The Labute approximate surface area is 87.1 Å². The molecule has 0 unspecified atom stereocenters. The molecule has 0 atom stereocenters. The van der Waals surface area contributed by atoms with Gasteiger partial charge in [0.1, 0.15) is 0 Å². The fraction of sp³-hybridized carbons (Fsp3) is 0.667. The standard InChI is InChI=1S/C9H16N4O2/c1-4-9(2,3)5-10-6-7(14)11-8(15)13-12-6/h4-5H2,1-3H3,(H,10,12)(H2,11,13,14,15). The molecule has 0 aromatic carbocycles. The fourth-order valence-corrected chi connectivity index (χ4v) is 0.916. The highest BCUT2D eigenvalue weighted by molar-refractivity contribution is 5.28. The number of hydrogen-bond acceptors (Lipinski definition) is 4. The lowest BCUT2D eigenvalue weighted by Crippen LogP contribution is -2.30. The minimum atomic E-state index is -0.597. The van der Waals surface area contributed by atoms with Gasteiger partial charge in [-0.3, -0.25) is 9.78 Å². The molecule has 0 aliphatic heterocycles. The second kappa shape index (κ2) is 4.29. The molecule has 0 fully saturated rings. The van der Waals surface area contributed by atoms with Gasteiger partial charge in [0, 0.05) is 6.54 Å². The molecule has 0 bridgehead atoms. The average Bonchev–Trinajstić information content (AvgIpc) is 2.16. The SMILES string of the molecule is CCC(C)(C)CNc1n[nH]c(=O)[nH]c1=O. The van der Waals surface area contributed by atoms with Gasteiger partial charge in [0.15, 0.2) is 0 Å². The normalized spacial score (nSPS) is 11.4. The second-order valence-corrected chi connectivity index (χ2v) is 4.23. The molecule has 15 heavy (non-hydrogen) atoms. The highest BCUT2D eigenvalue weighted by Gasteiger charge is 2.15. The first kappa shape index (κ1) is 11.5. The van der Waals surface area contributed by atoms with Crippen molar-refractivity contribution >= 4 is 5.82 Å². The lowest BCUT2D eigenvalue weighted by molar-refractivity contribution is 0.376. The van der Waals surface area contributed by atoms with Gasteiger partial charge >= 0.3 is 5.69 Å². The number of aromatic amines is 2. The fourth-order valence-electron chi connectivity index (χ4n) is 0.916. The Morgan fingerprint density at radius 2 is 2.07 bits per heavy atom. The van der Waals surface area contributed by atoms with Crippen molar-refractivity contribution < 1.29 is 0 Å². The summed E-state index contributed by atoms with van der Waals surface area (Å²) >= 11 is 0. The van der Waals surface area contributed by atoms with Crippen molar-refractivity contribution in [3.63, 3.8) is 0 Å². The molecule has 0 spiro atoms. The van der Waals surface area contributed by atoms with E-state index >= 15 is 0 Å². The van der Waals surface area contributed by atoms with Crippen LogP contribution in [0, 0.1) is 5.41 Å². The minimum absolute atomic E-state index is 0.0876. The maximum absolute atomic E-state index is 11.2. The maximum atomic E-state index is 11.2. The Morgan fingerprint density at radius 3 is 2.60 bits per heavy atom. The summed E-state index contributed by atoms with van der Waals surface area (Å²) in [6.45, 7) is 6.87. The van der Waals surface area contributed by atoms with Crippen molar-refractivity contribution in [2.45, 2.75) is 27.2 Å². The highest BCUT2D eigenvalue weighted by atomic mass is 16.2. The largest absolute Gasteiger partial charge is 0.364 e. The third-order valence-corrected chi connectivity index (χ3v) is 2.40. The average molecular weight is 212 g/mol. The van der Waals surface area contributed by atoms with Gasteiger partial charge in [0.2, 0.25) is 5.82 Å². The zero-order valence-corrected chi connectivity index (χ0v) is 9.18. The van der Waals surface area contributed by atoms with Gasteiger partial charge in [-0.1, -0.05) is 20.8 Å². The number of hydrogen-bond donors (Lipinski definition) is 3. The van der Waals surface area contributed by atoms with Crippen molar-refractivity contribution in [2.24, 2.45) is 5.41 Å². The number of anilines is 1. The van der Waals surface area contributed by atoms with Gasteiger partial charge in [0.25, 0.3) is 5.56 Å². The number of nitrogens with zero attached hydrogens (tertiary/aromatic N) is 1. The van der Waals surface area contributed by atoms with Crippen molar-refractivity contribution in [3.05, 3.63) is 20.8 Å². The zero-order valence-electron chi connectivity index (χ0n) is 9.18. The third-order valence-electron chi connectivity index (χ3n) is 2.40. The van der Waals surface area contributed by atoms with E-state index in [-0.39, 0.29) is 11.2 Å². The summed E-state index contributed by atoms with van der Waals surface area (Å²) in [7, 11) is 0. The summed E-state index contributed by atoms with van der Waals surface area (Å²) in [5.74, 6) is 0.149. The van der Waals surface area contributed by atoms with Crippen LogP contribution in [0.5, 0.6) is 0 Å². The lowest BCUT2D eigenvalue weighted by atomic mass is 9.90. The molecule has 1 heterocycles. The molecular weight excluding hydrogens is 196 g/mol. The van der Waals surface area contributed by atoms with E-state index in [1.807, 2.05) is 0 Å². The highest BCUT2D eigenvalue weighted by Crippen LogP contribution is 2.18. The van der Waals surface area contributed by atoms with Crippen LogP contribution < -0.4 is 16.6 Å². The van der Waals surface area contributed by atoms with Crippen LogP contribution in [0.3, 0.4) is 0 Å². The van der Waals surface area contributed by atoms with Crippen molar-refractivity contribution in [1.82, 2.24) is 15.2 Å². The predicted molar refractivity (Wildman–Crippen MR) is 58.0 cm³/mol. The van der Waals surface area contributed by atoms with Crippen molar-refractivity contribution in [2.75, 3.05) is 11.9 Å². The van der Waals surface area contributed by atoms with E-state index in [4.69, 9.17) is 0 Å². The van der Waals surface area contributed by atoms with Crippen molar-refractivity contribution in [3.8, 4) is 0 Å². The minimum Gasteiger partial charge on any atom is -0.364 e. The first-order valence-corrected chi connectivity index (χ1v) is 4.87. The molecule has 1 aromatic heterocycles. The number of rotatable bonds is 4. The number of H-pyrrole nitrogens is 2. The predicted octanol–water partition coefficient (Wildman–Crippen LogP) is 0.306. The third kappa shape index (κ3) is 3.23. The molecule has 0 amide bonds. The molecule has 1 aromatic rings. The van der Waals surface area contributed by atoms with Crippen LogP contribution in [0.4, 0.5) is 5.82 Å². The molecule has 1 rings (SSSR count). The van der Waals surface area contributed by atoms with E-state index in [9.17, 15) is 9.59 Å². The van der Waals surface area contributed by atoms with Crippen LogP contribution in [0.15, 0.2) is 9.59 Å². The molecular formula is C9H16N4O2.